The molecule has 6 nitrogen and oxygen atoms in total. The molecule has 1 unspecified atom stereocenters. The Morgan fingerprint density at radius 3 is 2.27 bits per heavy atom. The van der Waals surface area contributed by atoms with Crippen LogP contribution >= 0.6 is 50.9 Å². The second-order valence-corrected chi connectivity index (χ2v) is 12.0. The first-order valence-corrected chi connectivity index (χ1v) is 14.8. The molecule has 0 saturated heterocycles. The van der Waals surface area contributed by atoms with Crippen LogP contribution in [0.5, 0.6) is 0 Å². The van der Waals surface area contributed by atoms with Crippen molar-refractivity contribution in [3.8, 4) is 0 Å². The van der Waals surface area contributed by atoms with Crippen molar-refractivity contribution >= 4 is 86.1 Å². The molecule has 0 aliphatic carbocycles. The minimum Gasteiger partial charge on any atom is -0.324 e. The number of amides is 3. The first kappa shape index (κ1) is 30.4. The summed E-state index contributed by atoms with van der Waals surface area (Å²) in [6.07, 6.45) is 1.61. The number of rotatable bonds is 9. The van der Waals surface area contributed by atoms with Crippen molar-refractivity contribution in [3.63, 3.8) is 0 Å². The summed E-state index contributed by atoms with van der Waals surface area (Å²) in [5.41, 5.74) is 2.26. The lowest BCUT2D eigenvalue weighted by Crippen LogP contribution is -2.30. The van der Waals surface area contributed by atoms with Gasteiger partial charge in [-0.25, -0.2) is 0 Å². The third kappa shape index (κ3) is 8.96. The van der Waals surface area contributed by atoms with Gasteiger partial charge in [0.05, 0.1) is 16.0 Å². The zero-order valence-corrected chi connectivity index (χ0v) is 25.6. The Bertz CT molecular complexity index is 1600. The van der Waals surface area contributed by atoms with Crippen LogP contribution in [0, 0.1) is 0 Å². The Kier molecular flexibility index (Phi) is 10.7. The topological polar surface area (TPSA) is 87.3 Å². The number of benzene rings is 4. The average molecular weight is 669 g/mol. The molecule has 3 N–H and O–H groups in total. The zero-order valence-electron chi connectivity index (χ0n) is 21.7. The number of carbonyl (C=O) groups is 3. The standard InChI is InChI=1S/C31H24BrCl2N3O3S/c1-19(29(38)36-27-15-10-23(33)18-26(27)34)41-25-13-11-24(12-14-25)35-31(40)28(17-20-6-5-9-22(32)16-20)37-30(39)21-7-3-2-4-8-21/h2-19H,1H3,(H,35,40)(H,36,38)(H,37,39)/b28-17-. The van der Waals surface area contributed by atoms with Crippen molar-refractivity contribution in [3.05, 3.63) is 128 Å². The van der Waals surface area contributed by atoms with Crippen LogP contribution in [0.4, 0.5) is 11.4 Å². The van der Waals surface area contributed by atoms with E-state index in [9.17, 15) is 14.4 Å². The molecular formula is C31H24BrCl2N3O3S. The molecular weight excluding hydrogens is 645 g/mol. The Morgan fingerprint density at radius 1 is 0.854 bits per heavy atom. The molecule has 0 bridgehead atoms. The quantitative estimate of drug-likeness (QED) is 0.124. The zero-order chi connectivity index (χ0) is 29.4. The van der Waals surface area contributed by atoms with Gasteiger partial charge in [-0.1, -0.05) is 69.5 Å². The van der Waals surface area contributed by atoms with E-state index in [4.69, 9.17) is 23.2 Å². The fourth-order valence-electron chi connectivity index (χ4n) is 3.60. The maximum absolute atomic E-state index is 13.3. The molecule has 1 atom stereocenters. The van der Waals surface area contributed by atoms with E-state index in [1.54, 1.807) is 79.7 Å². The summed E-state index contributed by atoms with van der Waals surface area (Å²) in [7, 11) is 0. The fraction of sp³-hybridized carbons (Fsp3) is 0.0645. The van der Waals surface area contributed by atoms with Crippen LogP contribution in [0.25, 0.3) is 6.08 Å². The Morgan fingerprint density at radius 2 is 1.59 bits per heavy atom. The number of anilines is 2. The molecule has 208 valence electrons. The maximum Gasteiger partial charge on any atom is 0.272 e. The summed E-state index contributed by atoms with van der Waals surface area (Å²) in [4.78, 5) is 39.6. The molecule has 0 aliphatic rings. The average Bonchev–Trinajstić information content (AvgIpc) is 2.95. The molecule has 4 rings (SSSR count). The molecule has 4 aromatic carbocycles. The van der Waals surface area contributed by atoms with Gasteiger partial charge in [-0.05, 0) is 85.3 Å². The predicted octanol–water partition coefficient (Wildman–Crippen LogP) is 8.28. The van der Waals surface area contributed by atoms with Crippen LogP contribution in [0.1, 0.15) is 22.8 Å². The minimum absolute atomic E-state index is 0.0848. The lowest BCUT2D eigenvalue weighted by atomic mass is 10.1. The normalized spacial score (nSPS) is 11.9. The molecule has 0 fully saturated rings. The highest BCUT2D eigenvalue weighted by molar-refractivity contribution is 9.10. The maximum atomic E-state index is 13.3. The lowest BCUT2D eigenvalue weighted by molar-refractivity contribution is -0.115. The molecule has 0 radical (unpaired) electrons. The second-order valence-electron chi connectivity index (χ2n) is 8.79. The second kappa shape index (κ2) is 14.4. The molecule has 0 aromatic heterocycles. The lowest BCUT2D eigenvalue weighted by Gasteiger charge is -2.14. The van der Waals surface area contributed by atoms with Crippen LogP contribution in [0.2, 0.25) is 10.0 Å². The molecule has 4 aromatic rings. The Hall–Kier alpha value is -3.56. The summed E-state index contributed by atoms with van der Waals surface area (Å²) in [6, 6.07) is 28.0. The van der Waals surface area contributed by atoms with Gasteiger partial charge in [-0.15, -0.1) is 11.8 Å². The van der Waals surface area contributed by atoms with E-state index in [0.29, 0.717) is 27.0 Å². The summed E-state index contributed by atoms with van der Waals surface area (Å²) >= 11 is 16.9. The van der Waals surface area contributed by atoms with E-state index >= 15 is 0 Å². The molecule has 10 heteroatoms. The molecule has 0 heterocycles. The van der Waals surface area contributed by atoms with E-state index in [1.807, 2.05) is 30.3 Å². The third-order valence-electron chi connectivity index (χ3n) is 5.67. The molecule has 0 saturated carbocycles. The van der Waals surface area contributed by atoms with Gasteiger partial charge in [0.25, 0.3) is 11.8 Å². The van der Waals surface area contributed by atoms with Gasteiger partial charge in [0.1, 0.15) is 5.70 Å². The number of hydrogen-bond acceptors (Lipinski definition) is 4. The first-order valence-electron chi connectivity index (χ1n) is 12.4. The van der Waals surface area contributed by atoms with Crippen LogP contribution < -0.4 is 16.0 Å². The highest BCUT2D eigenvalue weighted by atomic mass is 79.9. The molecule has 41 heavy (non-hydrogen) atoms. The summed E-state index contributed by atoms with van der Waals surface area (Å²) < 4.78 is 0.840. The number of halogens is 3. The summed E-state index contributed by atoms with van der Waals surface area (Å²) in [5.74, 6) is -1.10. The Balaban J connectivity index is 1.43. The first-order chi connectivity index (χ1) is 19.7. The SMILES string of the molecule is CC(Sc1ccc(NC(=O)/C(=C/c2cccc(Br)c2)NC(=O)c2ccccc2)cc1)C(=O)Nc1ccc(Cl)cc1Cl. The molecule has 0 aliphatic heterocycles. The van der Waals surface area contributed by atoms with Gasteiger partial charge in [-0.3, -0.25) is 14.4 Å². The van der Waals surface area contributed by atoms with Gasteiger partial charge in [0.15, 0.2) is 0 Å². The van der Waals surface area contributed by atoms with Gasteiger partial charge in [-0.2, -0.15) is 0 Å². The van der Waals surface area contributed by atoms with Gasteiger partial charge in [0, 0.05) is 25.6 Å². The monoisotopic (exact) mass is 667 g/mol. The van der Waals surface area contributed by atoms with Crippen LogP contribution in [-0.4, -0.2) is 23.0 Å². The van der Waals surface area contributed by atoms with Gasteiger partial charge in [0.2, 0.25) is 5.91 Å². The predicted molar refractivity (Wildman–Crippen MR) is 172 cm³/mol. The highest BCUT2D eigenvalue weighted by Crippen LogP contribution is 2.29. The number of thioether (sulfide) groups is 1. The van der Waals surface area contributed by atoms with Crippen molar-refractivity contribution < 1.29 is 14.4 Å². The van der Waals surface area contributed by atoms with Crippen molar-refractivity contribution in [2.24, 2.45) is 0 Å². The van der Waals surface area contributed by atoms with Gasteiger partial charge < -0.3 is 16.0 Å². The largest absolute Gasteiger partial charge is 0.324 e. The van der Waals surface area contributed by atoms with E-state index in [1.165, 1.54) is 11.8 Å². The molecule has 3 amide bonds. The smallest absolute Gasteiger partial charge is 0.272 e. The van der Waals surface area contributed by atoms with Crippen molar-refractivity contribution in [2.75, 3.05) is 10.6 Å². The van der Waals surface area contributed by atoms with Crippen molar-refractivity contribution in [1.82, 2.24) is 5.32 Å². The fourth-order valence-corrected chi connectivity index (χ4v) is 5.34. The highest BCUT2D eigenvalue weighted by Gasteiger charge is 2.18. The van der Waals surface area contributed by atoms with Crippen LogP contribution in [0.3, 0.4) is 0 Å². The van der Waals surface area contributed by atoms with Crippen molar-refractivity contribution in [1.29, 1.82) is 0 Å². The van der Waals surface area contributed by atoms with E-state index in [0.717, 1.165) is 14.9 Å². The van der Waals surface area contributed by atoms with Crippen LogP contribution in [0.15, 0.2) is 112 Å². The van der Waals surface area contributed by atoms with Gasteiger partial charge >= 0.3 is 0 Å². The van der Waals surface area contributed by atoms with E-state index < -0.39 is 17.1 Å². The summed E-state index contributed by atoms with van der Waals surface area (Å²) in [6.45, 7) is 1.79. The third-order valence-corrected chi connectivity index (χ3v) is 7.82. The Labute approximate surface area is 260 Å². The van der Waals surface area contributed by atoms with E-state index in [2.05, 4.69) is 31.9 Å². The number of carbonyl (C=O) groups excluding carboxylic acids is 3. The molecule has 0 spiro atoms. The van der Waals surface area contributed by atoms with Crippen LogP contribution in [-0.2, 0) is 9.59 Å². The summed E-state index contributed by atoms with van der Waals surface area (Å²) in [5, 5.41) is 8.79. The number of nitrogens with one attached hydrogen (secondary N) is 3. The van der Waals surface area contributed by atoms with Crippen molar-refractivity contribution in [2.45, 2.75) is 17.1 Å². The minimum atomic E-state index is -0.484. The number of hydrogen-bond donors (Lipinski definition) is 3. The van der Waals surface area contributed by atoms with E-state index in [-0.39, 0.29) is 11.6 Å².